The fraction of sp³-hybridized carbons (Fsp3) is 0.274. The molecule has 0 amide bonds. The Balaban J connectivity index is 0.000000780. The lowest BCUT2D eigenvalue weighted by Crippen LogP contribution is -2.14. The number of terminal acetylenes is 1. The molecule has 0 spiro atoms. The van der Waals surface area contributed by atoms with Gasteiger partial charge in [0.15, 0.2) is 0 Å². The lowest BCUT2D eigenvalue weighted by molar-refractivity contribution is -0.145. The molecule has 9 aromatic carbocycles. The lowest BCUT2D eigenvalue weighted by Gasteiger charge is -2.14. The SMILES string of the molecule is C.C.C#CC.C=C(C(=O)O)C(O)c1ccccc1.C=C(C(=O)O)C(O)c1ccccc1.C=C(CC(=O)O)C(O)c1ccccc1.C=C(CCCC(=O)O)C(O)c1ccccc1.C=C(CCCCC(=O)O)C(O)c1ccccc1.C=C1CC(=O)OC1c1ccccc1.CC#CC.O=C1CCC(=Cc2ccccc2)CO1.O=C1CCCC(=Cc2ccccc2)CO1.O=C1CCCCC(=Cc2ccccc2)CO1. The summed E-state index contributed by atoms with van der Waals surface area (Å²) in [7, 11) is 0. The number of unbranched alkanes of at least 4 members (excludes halogenated alkanes) is 1. The minimum atomic E-state index is -1.18. The number of benzene rings is 9. The molecule has 13 rings (SSSR count). The van der Waals surface area contributed by atoms with Gasteiger partial charge >= 0.3 is 53.7 Å². The number of aliphatic hydroxyl groups is 5. The van der Waals surface area contributed by atoms with Gasteiger partial charge in [0, 0.05) is 32.1 Å². The van der Waals surface area contributed by atoms with E-state index in [0.29, 0.717) is 99.0 Å². The van der Waals surface area contributed by atoms with Crippen LogP contribution < -0.4 is 0 Å². The predicted molar refractivity (Wildman–Crippen MR) is 552 cm³/mol. The Labute approximate surface area is 825 Å². The highest BCUT2D eigenvalue weighted by Gasteiger charge is 2.29. The van der Waals surface area contributed by atoms with Crippen molar-refractivity contribution in [3.05, 3.63) is 413 Å². The predicted octanol–water partition coefficient (Wildman–Crippen LogP) is 23.5. The van der Waals surface area contributed by atoms with Gasteiger partial charge < -0.3 is 70.0 Å². The first kappa shape index (κ1) is 123. The summed E-state index contributed by atoms with van der Waals surface area (Å²) in [6.45, 7) is 28.2. The molecule has 742 valence electrons. The van der Waals surface area contributed by atoms with Crippen LogP contribution in [0.4, 0.5) is 0 Å². The van der Waals surface area contributed by atoms with Crippen LogP contribution in [-0.2, 0) is 62.1 Å². The molecule has 0 radical (unpaired) electrons. The topological polar surface area (TPSA) is 393 Å². The average molecular weight is 1910 g/mol. The zero-order chi connectivity index (χ0) is 102. The summed E-state index contributed by atoms with van der Waals surface area (Å²) in [5.41, 5.74) is 13.6. The molecule has 10 N–H and O–H groups in total. The van der Waals surface area contributed by atoms with Gasteiger partial charge in [0.25, 0.3) is 0 Å². The van der Waals surface area contributed by atoms with E-state index in [0.717, 1.165) is 72.8 Å². The van der Waals surface area contributed by atoms with Crippen molar-refractivity contribution in [3.63, 3.8) is 0 Å². The molecule has 0 bridgehead atoms. The fourth-order valence-electron chi connectivity index (χ4n) is 12.6. The second kappa shape index (κ2) is 73.1. The van der Waals surface area contributed by atoms with E-state index in [-0.39, 0.29) is 75.2 Å². The second-order valence-electron chi connectivity index (χ2n) is 31.2. The Kier molecular flexibility index (Phi) is 64.1. The van der Waals surface area contributed by atoms with Gasteiger partial charge in [0.2, 0.25) is 0 Å². The van der Waals surface area contributed by atoms with Crippen molar-refractivity contribution in [2.75, 3.05) is 19.8 Å². The zero-order valence-electron chi connectivity index (χ0n) is 78.6. The number of carbonyl (C=O) groups excluding carboxylic acids is 4. The summed E-state index contributed by atoms with van der Waals surface area (Å²) in [5, 5.41) is 91.1. The number of rotatable bonds is 27. The Hall–Kier alpha value is -15.2. The summed E-state index contributed by atoms with van der Waals surface area (Å²) in [6, 6.07) is 84.6. The van der Waals surface area contributed by atoms with E-state index in [1.54, 1.807) is 91.9 Å². The molecule has 0 aliphatic carbocycles. The van der Waals surface area contributed by atoms with Gasteiger partial charge in [-0.25, -0.2) is 9.59 Å². The average Bonchev–Trinajstić information content (AvgIpc) is 1.52. The van der Waals surface area contributed by atoms with E-state index >= 15 is 0 Å². The van der Waals surface area contributed by atoms with Gasteiger partial charge in [-0.1, -0.05) is 346 Å². The molecule has 6 atom stereocenters. The summed E-state index contributed by atoms with van der Waals surface area (Å²) in [4.78, 5) is 95.9. The third kappa shape index (κ3) is 53.9. The fourth-order valence-corrected chi connectivity index (χ4v) is 12.6. The summed E-state index contributed by atoms with van der Waals surface area (Å²) >= 11 is 0. The van der Waals surface area contributed by atoms with Crippen LogP contribution in [-0.4, -0.2) is 125 Å². The van der Waals surface area contributed by atoms with Crippen molar-refractivity contribution in [2.24, 2.45) is 0 Å². The van der Waals surface area contributed by atoms with E-state index in [9.17, 15) is 68.7 Å². The standard InChI is InChI=1S/C14H18O3.C14H16O2.C13H16O3.C13H14O2.C12H12O2.C11H12O3.C11H10O2.2C10H10O3.C4H6.C3H4.2CH4/c1-11(7-5-6-10-13(15)16)14(17)12-8-3-2-4-9-12;15-14-9-5-4-8-13(11-16-14)10-12-6-2-1-3-7-12;1-10(6-5-9-12(14)15)13(16)11-7-3-2-4-8-11;14-13-8-4-7-12(10-15-13)9-11-5-2-1-3-6-11;13-12-7-6-11(9-14-12)8-10-4-2-1-3-5-10;1-8(7-10(12)13)11(14)9-5-3-2-4-6-9;1-8-7-10(12)13-11(8)9-5-3-2-4-6-9;2*1-7(10(12)13)9(11)8-5-3-2-4-6-8;1-3-4-2;1-3-2;;/h2-4,8-9,14,17H,1,5-7,10H2,(H,15,16);1-3,6-7,10H,4-5,8-9,11H2;2-4,7-8,13,16H,1,5-6,9H2,(H,14,15);1-3,5-6,9H,4,7-8,10H2;1-5,8H,6-7,9H2;2-6,11,14H,1,7H2,(H,12,13);2-6,11H,1,7H2;2*2-6,9,11H,1H2,(H,12,13);1-2H3;1H,2H3;2*1H4. The van der Waals surface area contributed by atoms with Gasteiger partial charge in [-0.2, -0.15) is 0 Å². The quantitative estimate of drug-likeness (QED) is 0.00571. The summed E-state index contributed by atoms with van der Waals surface area (Å²) < 4.78 is 20.3. The number of cyclic esters (lactones) is 4. The van der Waals surface area contributed by atoms with Gasteiger partial charge in [-0.15, -0.1) is 24.2 Å². The van der Waals surface area contributed by atoms with E-state index in [2.05, 4.69) is 106 Å². The van der Waals surface area contributed by atoms with E-state index in [1.165, 1.54) is 33.4 Å². The number of carboxylic acid groups (broad SMARTS) is 5. The van der Waals surface area contributed by atoms with Crippen molar-refractivity contribution in [1.29, 1.82) is 0 Å². The molecule has 140 heavy (non-hydrogen) atoms. The minimum absolute atomic E-state index is 0. The van der Waals surface area contributed by atoms with Crippen LogP contribution >= 0.6 is 0 Å². The molecule has 9 aromatic rings. The number of aliphatic hydroxyl groups excluding tert-OH is 5. The first-order valence-corrected chi connectivity index (χ1v) is 44.7. The summed E-state index contributed by atoms with van der Waals surface area (Å²) in [5.74, 6) is 2.25. The van der Waals surface area contributed by atoms with Crippen molar-refractivity contribution >= 4 is 72.0 Å². The largest absolute Gasteiger partial charge is 0.481 e. The monoisotopic (exact) mass is 1910 g/mol. The van der Waals surface area contributed by atoms with Crippen LogP contribution in [0.5, 0.6) is 0 Å². The van der Waals surface area contributed by atoms with Crippen molar-refractivity contribution in [1.82, 2.24) is 0 Å². The minimum Gasteiger partial charge on any atom is -0.481 e. The van der Waals surface area contributed by atoms with Crippen molar-refractivity contribution in [2.45, 2.75) is 188 Å². The van der Waals surface area contributed by atoms with E-state index in [4.69, 9.17) is 44.5 Å². The molecule has 4 fully saturated rings. The number of carboxylic acids is 5. The highest BCUT2D eigenvalue weighted by molar-refractivity contribution is 5.88. The molecule has 4 aliphatic heterocycles. The molecule has 23 heteroatoms. The van der Waals surface area contributed by atoms with Gasteiger partial charge in [0.1, 0.15) is 44.2 Å². The highest BCUT2D eigenvalue weighted by atomic mass is 16.6. The highest BCUT2D eigenvalue weighted by Crippen LogP contribution is 2.34. The number of ether oxygens (including phenoxy) is 4. The Morgan fingerprint density at radius 1 is 0.357 bits per heavy atom. The molecule has 4 aliphatic rings. The first-order chi connectivity index (χ1) is 66.2. The normalized spacial score (nSPS) is 14.8. The number of hydrogen-bond donors (Lipinski definition) is 10. The molecule has 23 nitrogen and oxygen atoms in total. The smallest absolute Gasteiger partial charge is 0.333 e. The van der Waals surface area contributed by atoms with Gasteiger partial charge in [0.05, 0.1) is 36.2 Å². The second-order valence-corrected chi connectivity index (χ2v) is 31.2. The maximum atomic E-state index is 11.2. The molecule has 0 saturated carbocycles. The van der Waals surface area contributed by atoms with Crippen LogP contribution in [0.15, 0.2) is 363 Å². The third-order valence-corrected chi connectivity index (χ3v) is 20.1. The van der Waals surface area contributed by atoms with Gasteiger partial charge in [-0.05, 0) is 180 Å². The van der Waals surface area contributed by atoms with E-state index in [1.807, 2.05) is 178 Å². The molecule has 4 saturated heterocycles. The summed E-state index contributed by atoms with van der Waals surface area (Å²) in [6.07, 6.45) is 17.0. The van der Waals surface area contributed by atoms with Crippen LogP contribution in [0, 0.1) is 24.2 Å². The molecule has 0 aromatic heterocycles. The maximum absolute atomic E-state index is 11.2. The Morgan fingerprint density at radius 3 is 0.943 bits per heavy atom. The Bertz CT molecular complexity index is 5380. The van der Waals surface area contributed by atoms with Crippen molar-refractivity contribution < 1.29 is 113 Å². The first-order valence-electron chi connectivity index (χ1n) is 44.7. The molecule has 6 unspecified atom stereocenters. The molecule has 4 heterocycles. The molecular weight excluding hydrogens is 1770 g/mol. The van der Waals surface area contributed by atoms with E-state index < -0.39 is 60.4 Å². The number of aliphatic carboxylic acids is 5. The van der Waals surface area contributed by atoms with Crippen LogP contribution in [0.2, 0.25) is 0 Å². The van der Waals surface area contributed by atoms with Crippen LogP contribution in [0.25, 0.3) is 18.2 Å². The maximum Gasteiger partial charge on any atom is 0.333 e. The van der Waals surface area contributed by atoms with Gasteiger partial charge in [-0.3, -0.25) is 33.6 Å². The zero-order valence-corrected chi connectivity index (χ0v) is 78.6. The number of hydrogen-bond acceptors (Lipinski definition) is 18. The lowest BCUT2D eigenvalue weighted by atomic mass is 9.98. The van der Waals surface area contributed by atoms with Crippen LogP contribution in [0.3, 0.4) is 0 Å². The number of carbonyl (C=O) groups is 9. The van der Waals surface area contributed by atoms with Crippen molar-refractivity contribution in [3.8, 4) is 24.2 Å². The molecular formula is C117H136O23. The third-order valence-electron chi connectivity index (χ3n) is 20.1. The van der Waals surface area contributed by atoms with Crippen LogP contribution in [0.1, 0.15) is 238 Å². The number of esters is 4. The Morgan fingerprint density at radius 2 is 0.629 bits per heavy atom.